The van der Waals surface area contributed by atoms with E-state index in [0.29, 0.717) is 5.92 Å². The lowest BCUT2D eigenvalue weighted by molar-refractivity contribution is 0.244. The summed E-state index contributed by atoms with van der Waals surface area (Å²) in [4.78, 5) is 0. The van der Waals surface area contributed by atoms with E-state index in [1.165, 1.54) is 12.8 Å². The molecule has 0 amide bonds. The predicted octanol–water partition coefficient (Wildman–Crippen LogP) is 2.09. The van der Waals surface area contributed by atoms with Gasteiger partial charge in [0.1, 0.15) is 0 Å². The SMILES string of the molecule is CC(C)(CS(=O)(=O)O)C1CCCC1. The third-order valence-corrected chi connectivity index (χ3v) is 4.12. The summed E-state index contributed by atoms with van der Waals surface area (Å²) >= 11 is 0. The molecular formula is C9H18O3S. The minimum absolute atomic E-state index is 0.106. The maximum absolute atomic E-state index is 10.8. The first-order chi connectivity index (χ1) is 5.81. The van der Waals surface area contributed by atoms with Crippen LogP contribution in [0.4, 0.5) is 0 Å². The van der Waals surface area contributed by atoms with Gasteiger partial charge in [0.25, 0.3) is 10.1 Å². The van der Waals surface area contributed by atoms with Crippen LogP contribution >= 0.6 is 0 Å². The fourth-order valence-corrected chi connectivity index (χ4v) is 3.47. The van der Waals surface area contributed by atoms with E-state index in [2.05, 4.69) is 0 Å². The van der Waals surface area contributed by atoms with Crippen molar-refractivity contribution in [1.82, 2.24) is 0 Å². The first kappa shape index (κ1) is 11.0. The molecule has 13 heavy (non-hydrogen) atoms. The van der Waals surface area contributed by atoms with E-state index in [9.17, 15) is 8.42 Å². The van der Waals surface area contributed by atoms with E-state index in [1.54, 1.807) is 0 Å². The molecule has 0 unspecified atom stereocenters. The molecule has 1 saturated carbocycles. The maximum atomic E-state index is 10.8. The van der Waals surface area contributed by atoms with E-state index in [1.807, 2.05) is 13.8 Å². The van der Waals surface area contributed by atoms with Crippen LogP contribution in [0.1, 0.15) is 39.5 Å². The Morgan fingerprint density at radius 3 is 2.15 bits per heavy atom. The van der Waals surface area contributed by atoms with Crippen LogP contribution in [0.25, 0.3) is 0 Å². The van der Waals surface area contributed by atoms with Gasteiger partial charge in [-0.1, -0.05) is 26.7 Å². The average molecular weight is 206 g/mol. The molecule has 1 N–H and O–H groups in total. The summed E-state index contributed by atoms with van der Waals surface area (Å²) in [5.74, 6) is 0.347. The maximum Gasteiger partial charge on any atom is 0.265 e. The first-order valence-corrected chi connectivity index (χ1v) is 6.37. The first-order valence-electron chi connectivity index (χ1n) is 4.76. The number of hydrogen-bond donors (Lipinski definition) is 1. The second-order valence-electron chi connectivity index (χ2n) is 4.70. The Hall–Kier alpha value is -0.0900. The summed E-state index contributed by atoms with van der Waals surface area (Å²) < 4.78 is 30.3. The molecule has 0 aromatic carbocycles. The third kappa shape index (κ3) is 3.27. The van der Waals surface area contributed by atoms with Crippen LogP contribution in [0.2, 0.25) is 0 Å². The summed E-state index contributed by atoms with van der Waals surface area (Å²) in [5, 5.41) is 0. The van der Waals surface area contributed by atoms with Gasteiger partial charge in [0.2, 0.25) is 0 Å². The van der Waals surface area contributed by atoms with Gasteiger partial charge >= 0.3 is 0 Å². The molecule has 1 rings (SSSR count). The normalized spacial score (nSPS) is 20.8. The van der Waals surface area contributed by atoms with Crippen LogP contribution in [0.3, 0.4) is 0 Å². The van der Waals surface area contributed by atoms with Crippen molar-refractivity contribution in [1.29, 1.82) is 0 Å². The molecule has 1 aliphatic carbocycles. The Morgan fingerprint density at radius 2 is 1.77 bits per heavy atom. The van der Waals surface area contributed by atoms with Gasteiger partial charge in [-0.15, -0.1) is 0 Å². The highest BCUT2D eigenvalue weighted by atomic mass is 32.2. The standard InChI is InChI=1S/C9H18O3S/c1-9(2,7-13(10,11)12)8-5-3-4-6-8/h8H,3-7H2,1-2H3,(H,10,11,12). The molecule has 0 aromatic rings. The second kappa shape index (κ2) is 3.58. The van der Waals surface area contributed by atoms with Crippen molar-refractivity contribution in [2.45, 2.75) is 39.5 Å². The van der Waals surface area contributed by atoms with E-state index in [0.717, 1.165) is 12.8 Å². The molecular weight excluding hydrogens is 188 g/mol. The van der Waals surface area contributed by atoms with Crippen molar-refractivity contribution in [2.75, 3.05) is 5.75 Å². The molecule has 0 radical (unpaired) electrons. The van der Waals surface area contributed by atoms with Gasteiger partial charge in [-0.25, -0.2) is 0 Å². The van der Waals surface area contributed by atoms with Crippen LogP contribution in [0.5, 0.6) is 0 Å². The summed E-state index contributed by atoms with van der Waals surface area (Å²) in [6.07, 6.45) is 4.59. The average Bonchev–Trinajstić information content (AvgIpc) is 2.29. The minimum Gasteiger partial charge on any atom is -0.286 e. The predicted molar refractivity (Wildman–Crippen MR) is 52.2 cm³/mol. The van der Waals surface area contributed by atoms with Gasteiger partial charge in [-0.05, 0) is 24.2 Å². The molecule has 0 bridgehead atoms. The van der Waals surface area contributed by atoms with Crippen LogP contribution in [0, 0.1) is 11.3 Å². The zero-order chi connectivity index (χ0) is 10.1. The Kier molecular flexibility index (Phi) is 3.02. The lowest BCUT2D eigenvalue weighted by Crippen LogP contribution is -2.30. The number of rotatable bonds is 3. The highest BCUT2D eigenvalue weighted by Crippen LogP contribution is 2.40. The monoisotopic (exact) mass is 206 g/mol. The van der Waals surface area contributed by atoms with Crippen molar-refractivity contribution in [2.24, 2.45) is 11.3 Å². The molecule has 0 heterocycles. The molecule has 0 aromatic heterocycles. The van der Waals surface area contributed by atoms with Crippen molar-refractivity contribution in [3.63, 3.8) is 0 Å². The lowest BCUT2D eigenvalue weighted by atomic mass is 9.79. The Morgan fingerprint density at radius 1 is 1.31 bits per heavy atom. The van der Waals surface area contributed by atoms with E-state index < -0.39 is 10.1 Å². The zero-order valence-electron chi connectivity index (χ0n) is 8.28. The van der Waals surface area contributed by atoms with Crippen LogP contribution < -0.4 is 0 Å². The molecule has 0 atom stereocenters. The van der Waals surface area contributed by atoms with Gasteiger partial charge in [0, 0.05) is 0 Å². The van der Waals surface area contributed by atoms with Gasteiger partial charge in [-0.2, -0.15) is 8.42 Å². The quantitative estimate of drug-likeness (QED) is 0.719. The molecule has 1 aliphatic rings. The van der Waals surface area contributed by atoms with Crippen LogP contribution in [-0.2, 0) is 10.1 Å². The molecule has 78 valence electrons. The van der Waals surface area contributed by atoms with Crippen molar-refractivity contribution >= 4 is 10.1 Å². The van der Waals surface area contributed by atoms with Gasteiger partial charge in [0.05, 0.1) is 5.75 Å². The molecule has 0 saturated heterocycles. The molecule has 1 fully saturated rings. The van der Waals surface area contributed by atoms with Gasteiger partial charge in [-0.3, -0.25) is 4.55 Å². The lowest BCUT2D eigenvalue weighted by Gasteiger charge is -2.29. The van der Waals surface area contributed by atoms with E-state index in [-0.39, 0.29) is 11.2 Å². The van der Waals surface area contributed by atoms with Crippen molar-refractivity contribution in [3.8, 4) is 0 Å². The van der Waals surface area contributed by atoms with Crippen molar-refractivity contribution < 1.29 is 13.0 Å². The summed E-state index contributed by atoms with van der Waals surface area (Å²) in [7, 11) is -3.82. The van der Waals surface area contributed by atoms with Gasteiger partial charge in [0.15, 0.2) is 0 Å². The highest BCUT2D eigenvalue weighted by Gasteiger charge is 2.35. The highest BCUT2D eigenvalue weighted by molar-refractivity contribution is 7.85. The molecule has 0 spiro atoms. The molecule has 3 nitrogen and oxygen atoms in total. The van der Waals surface area contributed by atoms with Crippen LogP contribution in [-0.4, -0.2) is 18.7 Å². The van der Waals surface area contributed by atoms with E-state index in [4.69, 9.17) is 4.55 Å². The summed E-state index contributed by atoms with van der Waals surface area (Å²) in [6, 6.07) is 0. The summed E-state index contributed by atoms with van der Waals surface area (Å²) in [6.45, 7) is 3.85. The largest absolute Gasteiger partial charge is 0.286 e. The second-order valence-corrected chi connectivity index (χ2v) is 6.15. The van der Waals surface area contributed by atoms with Crippen LogP contribution in [0.15, 0.2) is 0 Å². The topological polar surface area (TPSA) is 54.4 Å². The van der Waals surface area contributed by atoms with Gasteiger partial charge < -0.3 is 0 Å². The molecule has 0 aliphatic heterocycles. The Labute approximate surface area is 80.3 Å². The fraction of sp³-hybridized carbons (Fsp3) is 1.00. The van der Waals surface area contributed by atoms with Crippen molar-refractivity contribution in [3.05, 3.63) is 0 Å². The van der Waals surface area contributed by atoms with E-state index >= 15 is 0 Å². The Bertz CT molecular complexity index is 261. The zero-order valence-corrected chi connectivity index (χ0v) is 9.10. The smallest absolute Gasteiger partial charge is 0.265 e. The minimum atomic E-state index is -3.82. The third-order valence-electron chi connectivity index (χ3n) is 3.01. The summed E-state index contributed by atoms with van der Waals surface area (Å²) in [5.41, 5.74) is -0.274. The molecule has 4 heteroatoms. The fourth-order valence-electron chi connectivity index (χ4n) is 2.30. The number of hydrogen-bond acceptors (Lipinski definition) is 2. The Balaban J connectivity index is 2.64.